The van der Waals surface area contributed by atoms with Crippen molar-refractivity contribution in [3.8, 4) is 5.75 Å². The second-order valence-corrected chi connectivity index (χ2v) is 4.69. The highest BCUT2D eigenvalue weighted by Gasteiger charge is 2.21. The Labute approximate surface area is 138 Å². The normalized spacial score (nSPS) is 14.4. The second kappa shape index (κ2) is 9.05. The van der Waals surface area contributed by atoms with E-state index in [1.807, 2.05) is 25.1 Å². The van der Waals surface area contributed by atoms with Crippen LogP contribution in [-0.2, 0) is 6.54 Å². The number of rotatable bonds is 6. The van der Waals surface area contributed by atoms with E-state index >= 15 is 0 Å². The van der Waals surface area contributed by atoms with Crippen LogP contribution < -0.4 is 15.4 Å². The summed E-state index contributed by atoms with van der Waals surface area (Å²) in [5.41, 5.74) is 1.17. The summed E-state index contributed by atoms with van der Waals surface area (Å²) in [6, 6.07) is 8.73. The summed E-state index contributed by atoms with van der Waals surface area (Å²) in [7, 11) is 0. The minimum absolute atomic E-state index is 0. The molecule has 0 amide bonds. The van der Waals surface area contributed by atoms with E-state index in [0.29, 0.717) is 19.2 Å². The van der Waals surface area contributed by atoms with Crippen molar-refractivity contribution in [2.75, 3.05) is 13.2 Å². The molecule has 0 bridgehead atoms. The molecule has 0 aromatic heterocycles. The number of ether oxygens (including phenoxy) is 1. The van der Waals surface area contributed by atoms with Gasteiger partial charge in [0.1, 0.15) is 5.75 Å². The lowest BCUT2D eigenvalue weighted by atomic mass is 10.2. The molecule has 1 aliphatic rings. The Morgan fingerprint density at radius 1 is 1.35 bits per heavy atom. The van der Waals surface area contributed by atoms with Gasteiger partial charge in [0.2, 0.25) is 0 Å². The fourth-order valence-electron chi connectivity index (χ4n) is 1.81. The van der Waals surface area contributed by atoms with E-state index in [1.165, 1.54) is 18.4 Å². The lowest BCUT2D eigenvalue weighted by molar-refractivity contribution is 0.340. The summed E-state index contributed by atoms with van der Waals surface area (Å²) < 4.78 is 5.50. The third kappa shape index (κ3) is 5.98. The third-order valence-corrected chi connectivity index (χ3v) is 2.89. The summed E-state index contributed by atoms with van der Waals surface area (Å²) in [5, 5.41) is 6.68. The summed E-state index contributed by atoms with van der Waals surface area (Å²) in [5.74, 6) is 1.82. The predicted molar refractivity (Wildman–Crippen MR) is 94.0 cm³/mol. The van der Waals surface area contributed by atoms with Gasteiger partial charge in [-0.1, -0.05) is 12.1 Å². The number of benzene rings is 1. The molecule has 0 spiro atoms. The molecule has 0 radical (unpaired) electrons. The Balaban J connectivity index is 0.00000200. The van der Waals surface area contributed by atoms with Crippen LogP contribution in [0, 0.1) is 0 Å². The summed E-state index contributed by atoms with van der Waals surface area (Å²) >= 11 is 0. The van der Waals surface area contributed by atoms with Gasteiger partial charge in [0.15, 0.2) is 5.96 Å². The lowest BCUT2D eigenvalue weighted by Gasteiger charge is -2.10. The van der Waals surface area contributed by atoms with E-state index in [9.17, 15) is 0 Å². The van der Waals surface area contributed by atoms with Gasteiger partial charge in [0.05, 0.1) is 13.2 Å². The van der Waals surface area contributed by atoms with Crippen molar-refractivity contribution in [3.63, 3.8) is 0 Å². The van der Waals surface area contributed by atoms with E-state index in [1.54, 1.807) is 0 Å². The molecule has 1 aromatic rings. The topological polar surface area (TPSA) is 45.7 Å². The van der Waals surface area contributed by atoms with Crippen molar-refractivity contribution in [1.82, 2.24) is 10.6 Å². The van der Waals surface area contributed by atoms with E-state index in [4.69, 9.17) is 4.74 Å². The van der Waals surface area contributed by atoms with E-state index in [0.717, 1.165) is 18.3 Å². The van der Waals surface area contributed by atoms with Crippen LogP contribution in [-0.4, -0.2) is 25.2 Å². The van der Waals surface area contributed by atoms with Gasteiger partial charge in [-0.05, 0) is 44.4 Å². The van der Waals surface area contributed by atoms with Crippen LogP contribution in [0.4, 0.5) is 0 Å². The Morgan fingerprint density at radius 3 is 2.80 bits per heavy atom. The number of halogens is 1. The van der Waals surface area contributed by atoms with E-state index < -0.39 is 0 Å². The van der Waals surface area contributed by atoms with Crippen LogP contribution in [0.25, 0.3) is 0 Å². The Morgan fingerprint density at radius 2 is 2.15 bits per heavy atom. The molecule has 1 aliphatic carbocycles. The lowest BCUT2D eigenvalue weighted by Crippen LogP contribution is -2.38. The molecule has 0 aliphatic heterocycles. The maximum absolute atomic E-state index is 5.50. The predicted octanol–water partition coefficient (Wildman–Crippen LogP) is 2.92. The highest BCUT2D eigenvalue weighted by Crippen LogP contribution is 2.18. The molecule has 0 unspecified atom stereocenters. The first kappa shape index (κ1) is 17.1. The van der Waals surface area contributed by atoms with Crippen molar-refractivity contribution >= 4 is 29.9 Å². The number of guanidine groups is 1. The average Bonchev–Trinajstić information content (AvgIpc) is 3.21. The number of hydrogen-bond donors (Lipinski definition) is 2. The van der Waals surface area contributed by atoms with Gasteiger partial charge in [0.25, 0.3) is 0 Å². The number of nitrogens with zero attached hydrogens (tertiary/aromatic N) is 1. The van der Waals surface area contributed by atoms with Crippen LogP contribution in [0.3, 0.4) is 0 Å². The fourth-order valence-corrected chi connectivity index (χ4v) is 1.81. The van der Waals surface area contributed by atoms with Crippen LogP contribution >= 0.6 is 24.0 Å². The molecule has 1 aromatic carbocycles. The zero-order valence-corrected chi connectivity index (χ0v) is 14.5. The number of nitrogens with one attached hydrogen (secondary N) is 2. The first-order valence-electron chi connectivity index (χ1n) is 7.08. The van der Waals surface area contributed by atoms with Crippen molar-refractivity contribution in [1.29, 1.82) is 0 Å². The zero-order valence-electron chi connectivity index (χ0n) is 12.2. The summed E-state index contributed by atoms with van der Waals surface area (Å²) in [6.07, 6.45) is 2.51. The highest BCUT2D eigenvalue weighted by atomic mass is 127. The largest absolute Gasteiger partial charge is 0.494 e. The molecule has 5 heteroatoms. The van der Waals surface area contributed by atoms with Gasteiger partial charge in [-0.25, -0.2) is 4.99 Å². The molecule has 2 N–H and O–H groups in total. The first-order chi connectivity index (χ1) is 9.31. The molecule has 0 saturated heterocycles. The fraction of sp³-hybridized carbons (Fsp3) is 0.533. The van der Waals surface area contributed by atoms with Gasteiger partial charge >= 0.3 is 0 Å². The van der Waals surface area contributed by atoms with Crippen LogP contribution in [0.2, 0.25) is 0 Å². The molecule has 1 saturated carbocycles. The Hall–Kier alpha value is -0.980. The third-order valence-electron chi connectivity index (χ3n) is 2.89. The molecule has 0 atom stereocenters. The minimum Gasteiger partial charge on any atom is -0.494 e. The first-order valence-corrected chi connectivity index (χ1v) is 7.08. The monoisotopic (exact) mass is 389 g/mol. The molecular formula is C15H24IN3O. The summed E-state index contributed by atoms with van der Waals surface area (Å²) in [4.78, 5) is 4.60. The average molecular weight is 389 g/mol. The Bertz CT molecular complexity index is 433. The number of aliphatic imine (C=N–C) groups is 1. The molecule has 2 rings (SSSR count). The van der Waals surface area contributed by atoms with Crippen molar-refractivity contribution in [2.45, 2.75) is 39.3 Å². The van der Waals surface area contributed by atoms with Gasteiger partial charge in [-0.2, -0.15) is 0 Å². The van der Waals surface area contributed by atoms with Gasteiger partial charge in [-0.15, -0.1) is 24.0 Å². The standard InChI is InChI=1S/C15H23N3O.HI/c1-3-16-15(18-13-8-9-13)17-11-12-6-5-7-14(10-12)19-4-2;/h5-7,10,13H,3-4,8-9,11H2,1-2H3,(H2,16,17,18);1H. The van der Waals surface area contributed by atoms with Crippen molar-refractivity contribution in [2.24, 2.45) is 4.99 Å². The smallest absolute Gasteiger partial charge is 0.191 e. The molecule has 112 valence electrons. The number of hydrogen-bond acceptors (Lipinski definition) is 2. The van der Waals surface area contributed by atoms with Gasteiger partial charge < -0.3 is 15.4 Å². The van der Waals surface area contributed by atoms with Crippen LogP contribution in [0.5, 0.6) is 5.75 Å². The molecule has 1 fully saturated rings. The maximum Gasteiger partial charge on any atom is 0.191 e. The summed E-state index contributed by atoms with van der Waals surface area (Å²) in [6.45, 7) is 6.33. The van der Waals surface area contributed by atoms with Crippen molar-refractivity contribution < 1.29 is 4.74 Å². The van der Waals surface area contributed by atoms with Crippen molar-refractivity contribution in [3.05, 3.63) is 29.8 Å². The van der Waals surface area contributed by atoms with E-state index in [-0.39, 0.29) is 24.0 Å². The van der Waals surface area contributed by atoms with E-state index in [2.05, 4.69) is 28.6 Å². The van der Waals surface area contributed by atoms with Gasteiger partial charge in [0, 0.05) is 12.6 Å². The molecule has 0 heterocycles. The minimum atomic E-state index is 0. The second-order valence-electron chi connectivity index (χ2n) is 4.69. The van der Waals surface area contributed by atoms with Crippen LogP contribution in [0.15, 0.2) is 29.3 Å². The van der Waals surface area contributed by atoms with Crippen LogP contribution in [0.1, 0.15) is 32.3 Å². The Kier molecular flexibility index (Phi) is 7.72. The quantitative estimate of drug-likeness (QED) is 0.447. The SMILES string of the molecule is CCNC(=NCc1cccc(OCC)c1)NC1CC1.I. The molecule has 20 heavy (non-hydrogen) atoms. The van der Waals surface area contributed by atoms with Gasteiger partial charge in [-0.3, -0.25) is 0 Å². The maximum atomic E-state index is 5.50. The zero-order chi connectivity index (χ0) is 13.5. The highest BCUT2D eigenvalue weighted by molar-refractivity contribution is 14.0. The molecule has 4 nitrogen and oxygen atoms in total. The molecular weight excluding hydrogens is 365 g/mol.